The maximum atomic E-state index is 11.8. The third-order valence-electron chi connectivity index (χ3n) is 5.36. The number of carbonyl (C=O) groups excluding carboxylic acids is 1. The third kappa shape index (κ3) is 7.72. The summed E-state index contributed by atoms with van der Waals surface area (Å²) < 4.78 is 6.22. The van der Waals surface area contributed by atoms with Crippen LogP contribution in [0.2, 0.25) is 0 Å². The van der Waals surface area contributed by atoms with Crippen LogP contribution in [0.1, 0.15) is 47.2 Å². The van der Waals surface area contributed by atoms with Gasteiger partial charge in [-0.2, -0.15) is 0 Å². The molecule has 0 bridgehead atoms. The molecule has 31 heavy (non-hydrogen) atoms. The minimum atomic E-state index is -0.0687. The standard InChI is InChI=1S/C24H32N4O2.HI/c1-25-23(29)19-10-7-8-18(16-19)14-15-27-24(26-2)28-17-20-9-3-6-13-22(20)30-21-11-4-5-12-21;/h3,6-10,13,16,21H,4-5,11-12,14-15,17H2,1-2H3,(H,25,29)(H2,26,27,28);1H. The summed E-state index contributed by atoms with van der Waals surface area (Å²) in [6.07, 6.45) is 5.95. The van der Waals surface area contributed by atoms with E-state index in [1.807, 2.05) is 42.5 Å². The minimum Gasteiger partial charge on any atom is -0.490 e. The zero-order valence-corrected chi connectivity index (χ0v) is 20.6. The number of benzene rings is 2. The van der Waals surface area contributed by atoms with Gasteiger partial charge in [-0.15, -0.1) is 24.0 Å². The minimum absolute atomic E-state index is 0. The van der Waals surface area contributed by atoms with Crippen molar-refractivity contribution in [1.82, 2.24) is 16.0 Å². The summed E-state index contributed by atoms with van der Waals surface area (Å²) in [5.74, 6) is 1.63. The van der Waals surface area contributed by atoms with E-state index < -0.39 is 0 Å². The number of halogens is 1. The van der Waals surface area contributed by atoms with E-state index in [9.17, 15) is 4.79 Å². The second kappa shape index (κ2) is 13.2. The number of guanidine groups is 1. The highest BCUT2D eigenvalue weighted by atomic mass is 127. The lowest BCUT2D eigenvalue weighted by Crippen LogP contribution is -2.38. The van der Waals surface area contributed by atoms with Crippen LogP contribution in [0.3, 0.4) is 0 Å². The molecule has 0 unspecified atom stereocenters. The number of carbonyl (C=O) groups is 1. The first-order valence-corrected chi connectivity index (χ1v) is 10.7. The zero-order chi connectivity index (χ0) is 21.2. The van der Waals surface area contributed by atoms with Crippen LogP contribution in [0.4, 0.5) is 0 Å². The number of hydrogen-bond acceptors (Lipinski definition) is 3. The molecule has 1 amide bonds. The van der Waals surface area contributed by atoms with Crippen LogP contribution in [0.15, 0.2) is 53.5 Å². The van der Waals surface area contributed by atoms with Gasteiger partial charge in [-0.3, -0.25) is 9.79 Å². The summed E-state index contributed by atoms with van der Waals surface area (Å²) >= 11 is 0. The first-order chi connectivity index (χ1) is 14.7. The van der Waals surface area contributed by atoms with E-state index >= 15 is 0 Å². The summed E-state index contributed by atoms with van der Waals surface area (Å²) in [6, 6.07) is 15.9. The van der Waals surface area contributed by atoms with Gasteiger partial charge in [0.1, 0.15) is 5.75 Å². The molecule has 1 aliphatic rings. The van der Waals surface area contributed by atoms with Gasteiger partial charge >= 0.3 is 0 Å². The van der Waals surface area contributed by atoms with E-state index in [-0.39, 0.29) is 29.9 Å². The van der Waals surface area contributed by atoms with Gasteiger partial charge in [-0.1, -0.05) is 30.3 Å². The summed E-state index contributed by atoms with van der Waals surface area (Å²) in [5, 5.41) is 9.37. The van der Waals surface area contributed by atoms with Crippen molar-refractivity contribution in [3.63, 3.8) is 0 Å². The Morgan fingerprint density at radius 3 is 2.61 bits per heavy atom. The quantitative estimate of drug-likeness (QED) is 0.272. The molecule has 168 valence electrons. The van der Waals surface area contributed by atoms with E-state index in [1.165, 1.54) is 12.8 Å². The second-order valence-electron chi connectivity index (χ2n) is 7.51. The Labute approximate surface area is 202 Å². The van der Waals surface area contributed by atoms with Crippen LogP contribution in [-0.2, 0) is 13.0 Å². The maximum Gasteiger partial charge on any atom is 0.251 e. The van der Waals surface area contributed by atoms with Gasteiger partial charge in [0.05, 0.1) is 6.10 Å². The summed E-state index contributed by atoms with van der Waals surface area (Å²) in [6.45, 7) is 1.37. The van der Waals surface area contributed by atoms with Crippen molar-refractivity contribution in [2.75, 3.05) is 20.6 Å². The van der Waals surface area contributed by atoms with E-state index in [0.29, 0.717) is 18.2 Å². The Hall–Kier alpha value is -2.29. The van der Waals surface area contributed by atoms with Crippen LogP contribution in [0, 0.1) is 0 Å². The summed E-state index contributed by atoms with van der Waals surface area (Å²) in [5.41, 5.74) is 2.91. The molecule has 1 aliphatic carbocycles. The number of nitrogens with one attached hydrogen (secondary N) is 3. The third-order valence-corrected chi connectivity index (χ3v) is 5.36. The first kappa shape index (κ1) is 25.0. The van der Waals surface area contributed by atoms with E-state index in [4.69, 9.17) is 4.74 Å². The molecule has 7 heteroatoms. The van der Waals surface area contributed by atoms with Gasteiger partial charge in [-0.05, 0) is 55.9 Å². The number of ether oxygens (including phenoxy) is 1. The lowest BCUT2D eigenvalue weighted by Gasteiger charge is -2.18. The normalized spacial score (nSPS) is 13.9. The lowest BCUT2D eigenvalue weighted by molar-refractivity contribution is 0.0963. The molecular weight excluding hydrogens is 503 g/mol. The van der Waals surface area contributed by atoms with Crippen LogP contribution >= 0.6 is 24.0 Å². The van der Waals surface area contributed by atoms with Crippen LogP contribution < -0.4 is 20.7 Å². The van der Waals surface area contributed by atoms with Crippen LogP contribution in [-0.4, -0.2) is 38.6 Å². The lowest BCUT2D eigenvalue weighted by atomic mass is 10.1. The molecule has 0 heterocycles. The van der Waals surface area contributed by atoms with Gasteiger partial charge in [-0.25, -0.2) is 0 Å². The SMILES string of the molecule is CN=C(NCCc1cccc(C(=O)NC)c1)NCc1ccccc1OC1CCCC1.I. The van der Waals surface area contributed by atoms with Gasteiger partial charge in [0, 0.05) is 38.3 Å². The van der Waals surface area contributed by atoms with Crippen molar-refractivity contribution in [1.29, 1.82) is 0 Å². The number of hydrogen-bond donors (Lipinski definition) is 3. The Balaban J connectivity index is 0.00000341. The Kier molecular flexibility index (Phi) is 10.6. The fourth-order valence-electron chi connectivity index (χ4n) is 3.69. The molecule has 0 radical (unpaired) electrons. The maximum absolute atomic E-state index is 11.8. The van der Waals surface area contributed by atoms with Gasteiger partial charge in [0.2, 0.25) is 0 Å². The molecule has 6 nitrogen and oxygen atoms in total. The number of nitrogens with zero attached hydrogens (tertiary/aromatic N) is 1. The molecular formula is C24H33IN4O2. The number of aliphatic imine (C=N–C) groups is 1. The molecule has 0 aromatic heterocycles. The monoisotopic (exact) mass is 536 g/mol. The van der Waals surface area contributed by atoms with Crippen molar-refractivity contribution in [2.45, 2.75) is 44.8 Å². The highest BCUT2D eigenvalue weighted by Crippen LogP contribution is 2.26. The Morgan fingerprint density at radius 1 is 1.10 bits per heavy atom. The smallest absolute Gasteiger partial charge is 0.251 e. The highest BCUT2D eigenvalue weighted by Gasteiger charge is 2.17. The molecule has 3 N–H and O–H groups in total. The highest BCUT2D eigenvalue weighted by molar-refractivity contribution is 14.0. The molecule has 3 rings (SSSR count). The van der Waals surface area contributed by atoms with E-state index in [2.05, 4.69) is 27.0 Å². The second-order valence-corrected chi connectivity index (χ2v) is 7.51. The molecule has 1 fully saturated rings. The molecule has 0 spiro atoms. The predicted octanol–water partition coefficient (Wildman–Crippen LogP) is 3.89. The number of rotatable bonds is 8. The zero-order valence-electron chi connectivity index (χ0n) is 18.3. The number of amides is 1. The fourth-order valence-corrected chi connectivity index (χ4v) is 3.69. The van der Waals surface area contributed by atoms with Gasteiger partial charge < -0.3 is 20.7 Å². The molecule has 0 saturated heterocycles. The van der Waals surface area contributed by atoms with E-state index in [0.717, 1.165) is 48.6 Å². The van der Waals surface area contributed by atoms with Gasteiger partial charge in [0.25, 0.3) is 5.91 Å². The Morgan fingerprint density at radius 2 is 1.87 bits per heavy atom. The van der Waals surface area contributed by atoms with Crippen molar-refractivity contribution in [2.24, 2.45) is 4.99 Å². The molecule has 0 atom stereocenters. The Bertz CT molecular complexity index is 866. The molecule has 2 aromatic rings. The largest absolute Gasteiger partial charge is 0.490 e. The van der Waals surface area contributed by atoms with Crippen molar-refractivity contribution in [3.8, 4) is 5.75 Å². The van der Waals surface area contributed by atoms with Crippen LogP contribution in [0.5, 0.6) is 5.75 Å². The van der Waals surface area contributed by atoms with E-state index in [1.54, 1.807) is 14.1 Å². The molecule has 0 aliphatic heterocycles. The van der Waals surface area contributed by atoms with Crippen LogP contribution in [0.25, 0.3) is 0 Å². The summed E-state index contributed by atoms with van der Waals surface area (Å²) in [7, 11) is 3.41. The van der Waals surface area contributed by atoms with Crippen molar-refractivity contribution < 1.29 is 9.53 Å². The van der Waals surface area contributed by atoms with Crippen molar-refractivity contribution in [3.05, 3.63) is 65.2 Å². The average molecular weight is 536 g/mol. The van der Waals surface area contributed by atoms with Gasteiger partial charge in [0.15, 0.2) is 5.96 Å². The molecule has 2 aromatic carbocycles. The number of para-hydroxylation sites is 1. The van der Waals surface area contributed by atoms with Crippen molar-refractivity contribution >= 4 is 35.8 Å². The average Bonchev–Trinajstić information content (AvgIpc) is 3.29. The predicted molar refractivity (Wildman–Crippen MR) is 136 cm³/mol. The molecule has 1 saturated carbocycles. The topological polar surface area (TPSA) is 74.8 Å². The first-order valence-electron chi connectivity index (χ1n) is 10.7. The summed E-state index contributed by atoms with van der Waals surface area (Å²) in [4.78, 5) is 16.1. The fraction of sp³-hybridized carbons (Fsp3) is 0.417.